The Bertz CT molecular complexity index is 951. The van der Waals surface area contributed by atoms with Crippen molar-refractivity contribution in [1.82, 2.24) is 19.5 Å². The Morgan fingerprint density at radius 2 is 1.80 bits per heavy atom. The second-order valence-electron chi connectivity index (χ2n) is 5.47. The smallest absolute Gasteiger partial charge is 0.387 e. The Labute approximate surface area is 210 Å². The summed E-state index contributed by atoms with van der Waals surface area (Å²) in [7, 11) is -4.92. The monoisotopic (exact) mass is 464 g/mol. The number of aliphatic hydroxyl groups excluding tert-OH is 2. The minimum Gasteiger partial charge on any atom is -0.387 e. The number of ether oxygens (including phenoxy) is 1. The number of anilines is 1. The Morgan fingerprint density at radius 3 is 2.40 bits per heavy atom. The van der Waals surface area contributed by atoms with Gasteiger partial charge in [-0.15, -0.1) is 0 Å². The molecule has 0 spiro atoms. The zero-order valence-corrected chi connectivity index (χ0v) is 18.8. The van der Waals surface area contributed by atoms with Gasteiger partial charge in [-0.05, 0) is 11.8 Å². The van der Waals surface area contributed by atoms with Crippen LogP contribution in [-0.4, -0.2) is 126 Å². The van der Waals surface area contributed by atoms with Gasteiger partial charge in [-0.3, -0.25) is 9.09 Å². The minimum atomic E-state index is -4.92. The van der Waals surface area contributed by atoms with E-state index in [1.807, 2.05) is 0 Å². The number of phosphoric ester groups is 1. The average molecular weight is 464 g/mol. The number of fused-ring (bicyclic) bond motifs is 1. The van der Waals surface area contributed by atoms with E-state index in [0.717, 1.165) is 0 Å². The summed E-state index contributed by atoms with van der Waals surface area (Å²) < 4.78 is 26.9. The minimum absolute atomic E-state index is 0. The summed E-state index contributed by atoms with van der Waals surface area (Å²) in [4.78, 5) is 39.0. The largest absolute Gasteiger partial charge is 0.479 e. The van der Waals surface area contributed by atoms with Crippen molar-refractivity contribution in [2.75, 3.05) is 12.3 Å². The Kier molecular flexibility index (Phi) is 12.0. The molecule has 0 aliphatic carbocycles. The molecule has 0 bridgehead atoms. The first-order valence-electron chi connectivity index (χ1n) is 7.17. The van der Waals surface area contributed by atoms with Crippen LogP contribution in [0.2, 0.25) is 0 Å². The number of hydrogen-bond acceptors (Lipinski definition) is 11. The first kappa shape index (κ1) is 30.7. The quantitative estimate of drug-likeness (QED) is 0.189. The molecule has 1 saturated heterocycles. The molecule has 0 amide bonds. The van der Waals surface area contributed by atoms with Gasteiger partial charge >= 0.3 is 14.5 Å². The molecule has 5 atom stereocenters. The molecular formula is C10H15Li3N5O9P2S. The van der Waals surface area contributed by atoms with Crippen LogP contribution in [0.25, 0.3) is 11.2 Å². The van der Waals surface area contributed by atoms with E-state index >= 15 is 0 Å². The fourth-order valence-corrected chi connectivity index (χ4v) is 4.84. The van der Waals surface area contributed by atoms with E-state index in [0.29, 0.717) is 0 Å². The second kappa shape index (κ2) is 11.7. The van der Waals surface area contributed by atoms with Crippen molar-refractivity contribution in [3.8, 4) is 0 Å². The van der Waals surface area contributed by atoms with Crippen LogP contribution in [0.5, 0.6) is 0 Å². The molecule has 2 aromatic heterocycles. The molecule has 1 unspecified atom stereocenters. The van der Waals surface area contributed by atoms with Gasteiger partial charge in [0.25, 0.3) is 0 Å². The van der Waals surface area contributed by atoms with Gasteiger partial charge in [-0.1, -0.05) is 0 Å². The van der Waals surface area contributed by atoms with Crippen LogP contribution in [0.3, 0.4) is 0 Å². The van der Waals surface area contributed by atoms with E-state index in [1.165, 1.54) is 17.2 Å². The Balaban J connectivity index is 0.00000280. The van der Waals surface area contributed by atoms with E-state index in [4.69, 9.17) is 20.3 Å². The van der Waals surface area contributed by atoms with Crippen molar-refractivity contribution < 1.29 is 43.0 Å². The SMILES string of the molecule is Nc1ncnc2c1ncn2[C@@H]1O[C@H](COP(=O)(O)OP(O)(O)=S)[C@@H](O)[C@H]1O.[Li].[Li].[Li]. The zero-order chi connectivity index (χ0) is 20.0. The molecule has 30 heavy (non-hydrogen) atoms. The summed E-state index contributed by atoms with van der Waals surface area (Å²) in [6, 6.07) is 0. The number of rotatable bonds is 6. The van der Waals surface area contributed by atoms with Gasteiger partial charge in [0.15, 0.2) is 17.7 Å². The number of imidazole rings is 1. The molecule has 7 N–H and O–H groups in total. The van der Waals surface area contributed by atoms with Crippen LogP contribution in [-0.2, 0) is 29.9 Å². The van der Waals surface area contributed by atoms with Gasteiger partial charge in [0.1, 0.15) is 30.2 Å². The summed E-state index contributed by atoms with van der Waals surface area (Å²) in [5.74, 6) is 0.105. The van der Waals surface area contributed by atoms with Crippen LogP contribution in [0.15, 0.2) is 12.7 Å². The summed E-state index contributed by atoms with van der Waals surface area (Å²) in [6.07, 6.45) is -2.95. The molecule has 3 radical (unpaired) electrons. The third-order valence-corrected chi connectivity index (χ3v) is 6.36. The van der Waals surface area contributed by atoms with Crippen molar-refractivity contribution in [1.29, 1.82) is 0 Å². The predicted molar refractivity (Wildman–Crippen MR) is 109 cm³/mol. The molecule has 3 heterocycles. The molecule has 14 nitrogen and oxygen atoms in total. The maximum absolute atomic E-state index is 11.6. The van der Waals surface area contributed by atoms with Gasteiger partial charge in [0.2, 0.25) is 0 Å². The molecule has 1 fully saturated rings. The van der Waals surface area contributed by atoms with E-state index in [-0.39, 0.29) is 73.6 Å². The summed E-state index contributed by atoms with van der Waals surface area (Å²) in [5.41, 5.74) is 6.18. The van der Waals surface area contributed by atoms with Gasteiger partial charge in [-0.25, -0.2) is 23.8 Å². The fourth-order valence-electron chi connectivity index (χ4n) is 2.48. The standard InChI is InChI=1S/C10H15N5O9P2S.3Li/c11-8-5-9(13-2-12-8)15(3-14-5)10-7(17)6(16)4(23-10)1-22-25(18,19)24-26(20,21)27;;;/h2-4,6-7,10,16-17H,1H2,(H,18,19)(H2,11,12,13)(H2,20,21,27);;;/t4-,6-,7-,10-;;;/m1.../s1. The zero-order valence-electron chi connectivity index (χ0n) is 16.2. The van der Waals surface area contributed by atoms with Crippen LogP contribution in [0, 0.1) is 0 Å². The van der Waals surface area contributed by atoms with Crippen LogP contribution in [0.4, 0.5) is 5.82 Å². The molecule has 1 aliphatic rings. The number of aliphatic hydroxyl groups is 2. The molecule has 1 aliphatic heterocycles. The first-order chi connectivity index (χ1) is 12.5. The van der Waals surface area contributed by atoms with Crippen molar-refractivity contribution >= 4 is 99.9 Å². The maximum atomic E-state index is 11.6. The van der Waals surface area contributed by atoms with E-state index in [9.17, 15) is 19.7 Å². The van der Waals surface area contributed by atoms with Gasteiger partial charge in [0, 0.05) is 56.6 Å². The predicted octanol–water partition coefficient (Wildman–Crippen LogP) is -2.77. The molecule has 2 aromatic rings. The molecule has 3 rings (SSSR count). The molecular weight excluding hydrogens is 449 g/mol. The number of nitrogens with zero attached hydrogens (tertiary/aromatic N) is 4. The molecule has 0 aromatic carbocycles. The average Bonchev–Trinajstić information content (AvgIpc) is 3.07. The number of phosphoric acid groups is 1. The third kappa shape index (κ3) is 7.10. The Morgan fingerprint density at radius 1 is 1.17 bits per heavy atom. The number of aromatic nitrogens is 4. The van der Waals surface area contributed by atoms with Crippen LogP contribution >= 0.6 is 14.5 Å². The van der Waals surface area contributed by atoms with Gasteiger partial charge in [-0.2, -0.15) is 0 Å². The van der Waals surface area contributed by atoms with E-state index < -0.39 is 45.7 Å². The van der Waals surface area contributed by atoms with Gasteiger partial charge in [0.05, 0.1) is 12.9 Å². The number of nitrogen functional groups attached to an aromatic ring is 1. The van der Waals surface area contributed by atoms with Crippen LogP contribution in [0.1, 0.15) is 6.23 Å². The summed E-state index contributed by atoms with van der Waals surface area (Å²) >= 11 is 4.09. The topological polar surface area (TPSA) is 216 Å². The fraction of sp³-hybridized carbons (Fsp3) is 0.500. The summed E-state index contributed by atoms with van der Waals surface area (Å²) in [5, 5.41) is 20.3. The van der Waals surface area contributed by atoms with Crippen molar-refractivity contribution in [2.45, 2.75) is 24.5 Å². The number of hydrogen-bond donors (Lipinski definition) is 6. The van der Waals surface area contributed by atoms with Crippen molar-refractivity contribution in [2.24, 2.45) is 0 Å². The molecule has 0 saturated carbocycles. The van der Waals surface area contributed by atoms with E-state index in [2.05, 4.69) is 35.6 Å². The number of nitrogens with two attached hydrogens (primary N) is 1. The van der Waals surface area contributed by atoms with Crippen LogP contribution < -0.4 is 5.73 Å². The third-order valence-electron chi connectivity index (χ3n) is 3.61. The first-order valence-corrected chi connectivity index (χ1v) is 11.3. The maximum Gasteiger partial charge on any atom is 0.479 e. The van der Waals surface area contributed by atoms with Gasteiger partial charge < -0.3 is 35.4 Å². The van der Waals surface area contributed by atoms with Crippen molar-refractivity contribution in [3.63, 3.8) is 0 Å². The second-order valence-corrected chi connectivity index (χ2v) is 9.72. The molecule has 20 heteroatoms. The normalized spacial score (nSPS) is 25.6. The summed E-state index contributed by atoms with van der Waals surface area (Å²) in [6.45, 7) is -5.18. The van der Waals surface area contributed by atoms with E-state index in [1.54, 1.807) is 0 Å². The van der Waals surface area contributed by atoms with Crippen molar-refractivity contribution in [3.05, 3.63) is 12.7 Å². The Hall–Kier alpha value is 0.702. The molecule has 153 valence electrons.